The van der Waals surface area contributed by atoms with Crippen LogP contribution in [-0.4, -0.2) is 22.4 Å². The Balaban J connectivity index is 2.22. The zero-order valence-electron chi connectivity index (χ0n) is 9.39. The first-order valence-electron chi connectivity index (χ1n) is 5.46. The summed E-state index contributed by atoms with van der Waals surface area (Å²) in [4.78, 5) is 11.2. The van der Waals surface area contributed by atoms with Crippen LogP contribution in [0.3, 0.4) is 0 Å². The van der Waals surface area contributed by atoms with Crippen LogP contribution in [0.1, 0.15) is 5.69 Å². The fourth-order valence-corrected chi connectivity index (χ4v) is 2.39. The van der Waals surface area contributed by atoms with E-state index in [1.165, 1.54) is 4.68 Å². The van der Waals surface area contributed by atoms with Gasteiger partial charge in [-0.1, -0.05) is 15.9 Å². The van der Waals surface area contributed by atoms with Crippen molar-refractivity contribution in [1.29, 1.82) is 0 Å². The van der Waals surface area contributed by atoms with Crippen molar-refractivity contribution in [3.05, 3.63) is 34.6 Å². The molecule has 0 saturated heterocycles. The summed E-state index contributed by atoms with van der Waals surface area (Å²) in [5, 5.41) is 4.19. The maximum atomic E-state index is 11.2. The summed E-state index contributed by atoms with van der Waals surface area (Å²) in [5.41, 5.74) is 7.87. The predicted octanol–water partition coefficient (Wildman–Crippen LogP) is 2.17. The Kier molecular flexibility index (Phi) is 2.59. The number of primary amides is 1. The lowest BCUT2D eigenvalue weighted by atomic mass is 10.1. The Hall–Kier alpha value is -1.82. The average molecular weight is 308 g/mol. The third kappa shape index (κ3) is 1.78. The van der Waals surface area contributed by atoms with E-state index in [1.54, 1.807) is 6.20 Å². The molecule has 1 aromatic carbocycles. The van der Waals surface area contributed by atoms with Gasteiger partial charge in [0.15, 0.2) is 0 Å². The van der Waals surface area contributed by atoms with Crippen LogP contribution in [-0.2, 0) is 6.42 Å². The lowest BCUT2D eigenvalue weighted by molar-refractivity contribution is 0.247. The number of benzene rings is 1. The number of hydrogen-bond donors (Lipinski definition) is 1. The van der Waals surface area contributed by atoms with Crippen molar-refractivity contribution < 1.29 is 9.53 Å². The largest absolute Gasteiger partial charge is 0.493 e. The molecule has 1 aliphatic heterocycles. The van der Waals surface area contributed by atoms with Crippen molar-refractivity contribution >= 4 is 22.0 Å². The minimum atomic E-state index is -0.583. The second-order valence-electron chi connectivity index (χ2n) is 4.01. The highest BCUT2D eigenvalue weighted by atomic mass is 79.9. The number of rotatable bonds is 0. The van der Waals surface area contributed by atoms with E-state index in [0.717, 1.165) is 27.0 Å². The van der Waals surface area contributed by atoms with Gasteiger partial charge in [-0.15, -0.1) is 0 Å². The molecule has 0 aliphatic carbocycles. The van der Waals surface area contributed by atoms with Gasteiger partial charge in [0.05, 0.1) is 12.3 Å². The van der Waals surface area contributed by atoms with E-state index in [2.05, 4.69) is 21.0 Å². The Bertz CT molecular complexity index is 636. The van der Waals surface area contributed by atoms with Crippen LogP contribution in [0.25, 0.3) is 11.1 Å². The van der Waals surface area contributed by atoms with E-state index in [-0.39, 0.29) is 0 Å². The van der Waals surface area contributed by atoms with Gasteiger partial charge in [0.25, 0.3) is 0 Å². The van der Waals surface area contributed by atoms with Gasteiger partial charge in [0.2, 0.25) is 0 Å². The van der Waals surface area contributed by atoms with Gasteiger partial charge in [-0.2, -0.15) is 9.78 Å². The van der Waals surface area contributed by atoms with Crippen molar-refractivity contribution in [2.45, 2.75) is 6.42 Å². The Morgan fingerprint density at radius 3 is 3.06 bits per heavy atom. The number of aromatic nitrogens is 2. The van der Waals surface area contributed by atoms with Crippen LogP contribution in [0.5, 0.6) is 5.75 Å². The number of carbonyl (C=O) groups is 1. The maximum Gasteiger partial charge on any atom is 0.339 e. The predicted molar refractivity (Wildman–Crippen MR) is 69.5 cm³/mol. The molecule has 1 amide bonds. The molecule has 18 heavy (non-hydrogen) atoms. The van der Waals surface area contributed by atoms with E-state index in [1.807, 2.05) is 18.2 Å². The lowest BCUT2D eigenvalue weighted by Crippen LogP contribution is -2.20. The van der Waals surface area contributed by atoms with Gasteiger partial charge < -0.3 is 10.5 Å². The normalized spacial score (nSPS) is 13.2. The fourth-order valence-electron chi connectivity index (χ4n) is 2.03. The molecular formula is C12H10BrN3O2. The molecule has 1 aliphatic rings. The maximum absolute atomic E-state index is 11.2. The smallest absolute Gasteiger partial charge is 0.339 e. The molecule has 0 bridgehead atoms. The molecular weight excluding hydrogens is 298 g/mol. The highest BCUT2D eigenvalue weighted by Crippen LogP contribution is 2.36. The minimum absolute atomic E-state index is 0.539. The SMILES string of the molecule is NC(=O)n1cc2c(n1)CCOc1ccc(Br)cc1-2. The number of nitrogens with zero attached hydrogens (tertiary/aromatic N) is 2. The topological polar surface area (TPSA) is 70.1 Å². The van der Waals surface area contributed by atoms with Crippen molar-refractivity contribution in [2.75, 3.05) is 6.61 Å². The molecule has 5 nitrogen and oxygen atoms in total. The van der Waals surface area contributed by atoms with Gasteiger partial charge in [0, 0.05) is 28.2 Å². The molecule has 1 aromatic heterocycles. The van der Waals surface area contributed by atoms with Crippen LogP contribution in [0.2, 0.25) is 0 Å². The molecule has 2 heterocycles. The van der Waals surface area contributed by atoms with Gasteiger partial charge >= 0.3 is 6.03 Å². The molecule has 2 N–H and O–H groups in total. The van der Waals surface area contributed by atoms with Crippen molar-refractivity contribution in [2.24, 2.45) is 5.73 Å². The van der Waals surface area contributed by atoms with E-state index in [9.17, 15) is 4.79 Å². The molecule has 0 saturated carbocycles. The number of nitrogens with two attached hydrogens (primary N) is 1. The van der Waals surface area contributed by atoms with Crippen LogP contribution in [0.4, 0.5) is 4.79 Å². The Morgan fingerprint density at radius 1 is 1.44 bits per heavy atom. The zero-order valence-corrected chi connectivity index (χ0v) is 11.0. The first-order valence-corrected chi connectivity index (χ1v) is 6.25. The summed E-state index contributed by atoms with van der Waals surface area (Å²) in [6.07, 6.45) is 2.31. The summed E-state index contributed by atoms with van der Waals surface area (Å²) >= 11 is 3.43. The van der Waals surface area contributed by atoms with Gasteiger partial charge in [0.1, 0.15) is 5.75 Å². The molecule has 6 heteroatoms. The van der Waals surface area contributed by atoms with Crippen LogP contribution in [0, 0.1) is 0 Å². The number of ether oxygens (including phenoxy) is 1. The monoisotopic (exact) mass is 307 g/mol. The molecule has 0 unspecified atom stereocenters. The third-order valence-corrected chi connectivity index (χ3v) is 3.34. The van der Waals surface area contributed by atoms with Crippen LogP contribution >= 0.6 is 15.9 Å². The lowest BCUT2D eigenvalue weighted by Gasteiger charge is -2.07. The van der Waals surface area contributed by atoms with Crippen molar-refractivity contribution in [1.82, 2.24) is 9.78 Å². The van der Waals surface area contributed by atoms with Crippen molar-refractivity contribution in [3.63, 3.8) is 0 Å². The van der Waals surface area contributed by atoms with E-state index in [0.29, 0.717) is 13.0 Å². The average Bonchev–Trinajstić information content (AvgIpc) is 2.68. The highest BCUT2D eigenvalue weighted by Gasteiger charge is 2.20. The van der Waals surface area contributed by atoms with E-state index < -0.39 is 6.03 Å². The summed E-state index contributed by atoms with van der Waals surface area (Å²) in [6.45, 7) is 0.539. The Labute approximate surface area is 112 Å². The van der Waals surface area contributed by atoms with Gasteiger partial charge in [-0.05, 0) is 18.2 Å². The number of amides is 1. The zero-order chi connectivity index (χ0) is 12.7. The van der Waals surface area contributed by atoms with Gasteiger partial charge in [-0.25, -0.2) is 4.79 Å². The fraction of sp³-hybridized carbons (Fsp3) is 0.167. The molecule has 3 rings (SSSR count). The van der Waals surface area contributed by atoms with Crippen molar-refractivity contribution in [3.8, 4) is 16.9 Å². The molecule has 2 aromatic rings. The summed E-state index contributed by atoms with van der Waals surface area (Å²) in [5.74, 6) is 0.793. The minimum Gasteiger partial charge on any atom is -0.493 e. The first-order chi connectivity index (χ1) is 8.65. The van der Waals surface area contributed by atoms with E-state index in [4.69, 9.17) is 10.5 Å². The summed E-state index contributed by atoms with van der Waals surface area (Å²) < 4.78 is 7.77. The third-order valence-electron chi connectivity index (χ3n) is 2.84. The number of fused-ring (bicyclic) bond motifs is 3. The molecule has 0 fully saturated rings. The Morgan fingerprint density at radius 2 is 2.28 bits per heavy atom. The second-order valence-corrected chi connectivity index (χ2v) is 4.93. The number of carbonyl (C=O) groups excluding carboxylic acids is 1. The van der Waals surface area contributed by atoms with Crippen LogP contribution < -0.4 is 10.5 Å². The summed E-state index contributed by atoms with van der Waals surface area (Å²) in [7, 11) is 0. The number of hydrogen-bond acceptors (Lipinski definition) is 3. The van der Waals surface area contributed by atoms with Crippen LogP contribution in [0.15, 0.2) is 28.9 Å². The molecule has 0 atom stereocenters. The summed E-state index contributed by atoms with van der Waals surface area (Å²) in [6, 6.07) is 5.19. The van der Waals surface area contributed by atoms with Gasteiger partial charge in [-0.3, -0.25) is 0 Å². The molecule has 0 spiro atoms. The quantitative estimate of drug-likeness (QED) is 0.811. The first kappa shape index (κ1) is 11.3. The molecule has 92 valence electrons. The second kappa shape index (κ2) is 4.13. The molecule has 0 radical (unpaired) electrons. The van der Waals surface area contributed by atoms with E-state index >= 15 is 0 Å². The number of halogens is 1. The standard InChI is InChI=1S/C12H10BrN3O2/c13-7-1-2-11-8(5-7)9-6-16(12(14)17)15-10(9)3-4-18-11/h1-2,5-6H,3-4H2,(H2,14,17). The highest BCUT2D eigenvalue weighted by molar-refractivity contribution is 9.10.